The van der Waals surface area contributed by atoms with Crippen molar-refractivity contribution in [2.75, 3.05) is 31.1 Å². The smallest absolute Gasteiger partial charge is 0.325 e. The number of nitrogens with zero attached hydrogens (tertiary/aromatic N) is 4. The Morgan fingerprint density at radius 2 is 1.87 bits per heavy atom. The lowest BCUT2D eigenvalue weighted by Crippen LogP contribution is -2.49. The summed E-state index contributed by atoms with van der Waals surface area (Å²) in [4.78, 5) is 32.0. The van der Waals surface area contributed by atoms with E-state index in [1.54, 1.807) is 12.4 Å². The second-order valence-electron chi connectivity index (χ2n) is 7.53. The fraction of sp³-hybridized carbons (Fsp3) is 0.318. The minimum atomic E-state index is -0.913. The van der Waals surface area contributed by atoms with Crippen LogP contribution in [0.4, 0.5) is 5.82 Å². The predicted octanol–water partition coefficient (Wildman–Crippen LogP) is 3.22. The molecule has 0 bridgehead atoms. The van der Waals surface area contributed by atoms with Gasteiger partial charge in [-0.05, 0) is 30.3 Å². The van der Waals surface area contributed by atoms with Crippen molar-refractivity contribution in [2.45, 2.75) is 19.0 Å². The van der Waals surface area contributed by atoms with E-state index in [0.717, 1.165) is 21.2 Å². The lowest BCUT2D eigenvalue weighted by molar-refractivity contribution is -0.143. The molecular weight excluding hydrogens is 464 g/mol. The first-order valence-corrected chi connectivity index (χ1v) is 10.9. The predicted molar refractivity (Wildman–Crippen MR) is 120 cm³/mol. The molecule has 3 aromatic rings. The molecule has 9 heteroatoms. The third-order valence-corrected chi connectivity index (χ3v) is 6.11. The Balaban J connectivity index is 1.63. The van der Waals surface area contributed by atoms with Gasteiger partial charge in [0, 0.05) is 66.1 Å². The first kappa shape index (κ1) is 21.3. The minimum absolute atomic E-state index is 0.0280. The Morgan fingerprint density at radius 1 is 1.10 bits per heavy atom. The number of carbonyl (C=O) groups is 2. The summed E-state index contributed by atoms with van der Waals surface area (Å²) in [6.45, 7) is 2.82. The second-order valence-corrected chi connectivity index (χ2v) is 8.45. The van der Waals surface area contributed by atoms with Gasteiger partial charge in [0.15, 0.2) is 0 Å². The molecule has 0 saturated carbocycles. The molecule has 31 heavy (non-hydrogen) atoms. The molecule has 8 nitrogen and oxygen atoms in total. The third kappa shape index (κ3) is 4.57. The van der Waals surface area contributed by atoms with E-state index in [1.165, 1.54) is 0 Å². The zero-order valence-corrected chi connectivity index (χ0v) is 18.4. The fourth-order valence-corrected chi connectivity index (χ4v) is 4.51. The highest BCUT2D eigenvalue weighted by Gasteiger charge is 2.33. The van der Waals surface area contributed by atoms with E-state index in [4.69, 9.17) is 5.11 Å². The molecule has 162 valence electrons. The number of aliphatic carboxylic acids is 2. The monoisotopic (exact) mass is 486 g/mol. The van der Waals surface area contributed by atoms with Crippen molar-refractivity contribution >= 4 is 44.6 Å². The molecule has 2 N–H and O–H groups in total. The lowest BCUT2D eigenvalue weighted by atomic mass is 10.0. The summed E-state index contributed by atoms with van der Waals surface area (Å²) in [6.07, 6.45) is 3.52. The summed E-state index contributed by atoms with van der Waals surface area (Å²) in [5.74, 6) is -0.910. The molecule has 1 aliphatic rings. The van der Waals surface area contributed by atoms with Gasteiger partial charge in [0.1, 0.15) is 11.9 Å². The van der Waals surface area contributed by atoms with Gasteiger partial charge in [-0.2, -0.15) is 0 Å². The molecule has 1 aromatic carbocycles. The summed E-state index contributed by atoms with van der Waals surface area (Å²) >= 11 is 3.48. The van der Waals surface area contributed by atoms with Crippen LogP contribution in [0.1, 0.15) is 18.0 Å². The van der Waals surface area contributed by atoms with Crippen molar-refractivity contribution in [2.24, 2.45) is 0 Å². The first-order valence-electron chi connectivity index (χ1n) is 10.1. The number of piperazine rings is 1. The van der Waals surface area contributed by atoms with Crippen LogP contribution in [0.3, 0.4) is 0 Å². The van der Waals surface area contributed by atoms with Crippen molar-refractivity contribution in [3.05, 3.63) is 58.8 Å². The molecule has 1 saturated heterocycles. The van der Waals surface area contributed by atoms with E-state index in [-0.39, 0.29) is 13.0 Å². The highest BCUT2D eigenvalue weighted by Crippen LogP contribution is 2.33. The molecule has 4 rings (SSSR count). The zero-order valence-electron chi connectivity index (χ0n) is 16.8. The van der Waals surface area contributed by atoms with Gasteiger partial charge < -0.3 is 19.7 Å². The van der Waals surface area contributed by atoms with Crippen LogP contribution in [0.2, 0.25) is 0 Å². The van der Waals surface area contributed by atoms with Gasteiger partial charge in [0.25, 0.3) is 0 Å². The van der Waals surface area contributed by atoms with Crippen molar-refractivity contribution in [1.29, 1.82) is 0 Å². The highest BCUT2D eigenvalue weighted by molar-refractivity contribution is 9.10. The average molecular weight is 487 g/mol. The average Bonchev–Trinajstić information content (AvgIpc) is 3.10. The SMILES string of the molecule is O=C(O)CCn1cc(C(C(=O)O)N2CCN(c3ccccn3)CC2)c2cc(Br)ccc21. The number of fused-ring (bicyclic) bond motifs is 1. The van der Waals surface area contributed by atoms with Gasteiger partial charge >= 0.3 is 11.9 Å². The molecular formula is C22H23BrN4O4. The quantitative estimate of drug-likeness (QED) is 0.528. The van der Waals surface area contributed by atoms with Gasteiger partial charge in [0.2, 0.25) is 0 Å². The number of rotatable bonds is 7. The van der Waals surface area contributed by atoms with E-state index >= 15 is 0 Å². The standard InChI is InChI=1S/C22H23BrN4O4/c23-15-4-5-18-16(13-15)17(14-27(18)8-6-20(28)29)21(22(30)31)26-11-9-25(10-12-26)19-3-1-2-7-24-19/h1-5,7,13-14,21H,6,8-12H2,(H,28,29)(H,30,31). The Kier molecular flexibility index (Phi) is 6.24. The second kappa shape index (κ2) is 9.07. The van der Waals surface area contributed by atoms with E-state index < -0.39 is 18.0 Å². The van der Waals surface area contributed by atoms with Crippen LogP contribution < -0.4 is 4.90 Å². The normalized spacial score (nSPS) is 15.8. The van der Waals surface area contributed by atoms with Crippen LogP contribution in [0, 0.1) is 0 Å². The summed E-state index contributed by atoms with van der Waals surface area (Å²) in [7, 11) is 0. The summed E-state index contributed by atoms with van der Waals surface area (Å²) in [5.41, 5.74) is 1.51. The van der Waals surface area contributed by atoms with Crippen molar-refractivity contribution in [3.8, 4) is 0 Å². The molecule has 0 aliphatic carbocycles. The van der Waals surface area contributed by atoms with Crippen LogP contribution in [-0.2, 0) is 16.1 Å². The number of carboxylic acids is 2. The minimum Gasteiger partial charge on any atom is -0.481 e. The van der Waals surface area contributed by atoms with Crippen LogP contribution in [0.15, 0.2) is 53.3 Å². The summed E-state index contributed by atoms with van der Waals surface area (Å²) in [5, 5.41) is 20.0. The number of hydrogen-bond acceptors (Lipinski definition) is 5. The topological polar surface area (TPSA) is 98.9 Å². The van der Waals surface area contributed by atoms with Crippen molar-refractivity contribution < 1.29 is 19.8 Å². The van der Waals surface area contributed by atoms with E-state index in [2.05, 4.69) is 25.8 Å². The molecule has 3 heterocycles. The fourth-order valence-electron chi connectivity index (χ4n) is 4.15. The van der Waals surface area contributed by atoms with Crippen LogP contribution in [-0.4, -0.2) is 62.8 Å². The number of halogens is 1. The Labute approximate surface area is 187 Å². The Morgan fingerprint density at radius 3 is 2.52 bits per heavy atom. The molecule has 2 aromatic heterocycles. The summed E-state index contributed by atoms with van der Waals surface area (Å²) < 4.78 is 2.69. The maximum Gasteiger partial charge on any atom is 0.325 e. The van der Waals surface area contributed by atoms with Crippen LogP contribution in [0.5, 0.6) is 0 Å². The number of hydrogen-bond donors (Lipinski definition) is 2. The molecule has 0 radical (unpaired) electrons. The number of aromatic nitrogens is 2. The molecule has 1 atom stereocenters. The number of benzene rings is 1. The maximum atomic E-state index is 12.4. The number of carboxylic acid groups (broad SMARTS) is 2. The van der Waals surface area contributed by atoms with Gasteiger partial charge in [0.05, 0.1) is 6.42 Å². The number of anilines is 1. The largest absolute Gasteiger partial charge is 0.481 e. The molecule has 1 unspecified atom stereocenters. The number of pyridine rings is 1. The van der Waals surface area contributed by atoms with Gasteiger partial charge in [-0.25, -0.2) is 4.98 Å². The lowest BCUT2D eigenvalue weighted by Gasteiger charge is -2.38. The molecule has 1 fully saturated rings. The van der Waals surface area contributed by atoms with Crippen molar-refractivity contribution in [1.82, 2.24) is 14.5 Å². The van der Waals surface area contributed by atoms with E-state index in [1.807, 2.05) is 45.9 Å². The first-order chi connectivity index (χ1) is 14.9. The molecule has 1 aliphatic heterocycles. The van der Waals surface area contributed by atoms with E-state index in [9.17, 15) is 14.7 Å². The third-order valence-electron chi connectivity index (χ3n) is 5.62. The van der Waals surface area contributed by atoms with Crippen LogP contribution in [0.25, 0.3) is 10.9 Å². The summed E-state index contributed by atoms with van der Waals surface area (Å²) in [6, 6.07) is 10.6. The van der Waals surface area contributed by atoms with Gasteiger partial charge in [-0.15, -0.1) is 0 Å². The van der Waals surface area contributed by atoms with Crippen molar-refractivity contribution in [3.63, 3.8) is 0 Å². The highest BCUT2D eigenvalue weighted by atomic mass is 79.9. The van der Waals surface area contributed by atoms with Crippen LogP contribution >= 0.6 is 15.9 Å². The zero-order chi connectivity index (χ0) is 22.0. The van der Waals surface area contributed by atoms with Gasteiger partial charge in [-0.1, -0.05) is 22.0 Å². The molecule has 0 spiro atoms. The Hall–Kier alpha value is -2.91. The Bertz CT molecular complexity index is 1090. The maximum absolute atomic E-state index is 12.4. The van der Waals surface area contributed by atoms with E-state index in [0.29, 0.717) is 31.7 Å². The molecule has 0 amide bonds. The van der Waals surface area contributed by atoms with Gasteiger partial charge in [-0.3, -0.25) is 14.5 Å². The number of aryl methyl sites for hydroxylation is 1.